The SMILES string of the molecule is CC1(C)OCC(Nc2ccccc2SC(F)(F)F)CO1. The van der Waals surface area contributed by atoms with E-state index in [4.69, 9.17) is 9.47 Å². The quantitative estimate of drug-likeness (QED) is 0.859. The molecule has 3 nitrogen and oxygen atoms in total. The Kier molecular flexibility index (Phi) is 4.51. The fourth-order valence-electron chi connectivity index (χ4n) is 1.80. The molecule has 0 bridgehead atoms. The molecule has 112 valence electrons. The van der Waals surface area contributed by atoms with Crippen molar-refractivity contribution in [2.24, 2.45) is 0 Å². The zero-order valence-electron chi connectivity index (χ0n) is 11.2. The van der Waals surface area contributed by atoms with Crippen molar-refractivity contribution >= 4 is 17.4 Å². The number of thioether (sulfide) groups is 1. The molecule has 0 radical (unpaired) electrons. The maximum absolute atomic E-state index is 12.5. The van der Waals surface area contributed by atoms with E-state index in [0.717, 1.165) is 0 Å². The lowest BCUT2D eigenvalue weighted by molar-refractivity contribution is -0.247. The zero-order chi connectivity index (χ0) is 14.8. The number of rotatable bonds is 3. The number of benzene rings is 1. The van der Waals surface area contributed by atoms with Crippen LogP contribution in [0.25, 0.3) is 0 Å². The van der Waals surface area contributed by atoms with Crippen LogP contribution in [0.2, 0.25) is 0 Å². The van der Waals surface area contributed by atoms with Crippen molar-refractivity contribution in [3.05, 3.63) is 24.3 Å². The third kappa shape index (κ3) is 4.57. The molecule has 0 unspecified atom stereocenters. The third-order valence-electron chi connectivity index (χ3n) is 2.74. The zero-order valence-corrected chi connectivity index (χ0v) is 12.0. The molecule has 1 aromatic rings. The van der Waals surface area contributed by atoms with Crippen LogP contribution in [0.4, 0.5) is 18.9 Å². The molecule has 0 aliphatic carbocycles. The number of para-hydroxylation sites is 1. The van der Waals surface area contributed by atoms with Gasteiger partial charge >= 0.3 is 5.51 Å². The van der Waals surface area contributed by atoms with E-state index in [1.165, 1.54) is 6.07 Å². The molecule has 0 spiro atoms. The van der Waals surface area contributed by atoms with Crippen LogP contribution in [0.5, 0.6) is 0 Å². The van der Waals surface area contributed by atoms with Crippen LogP contribution < -0.4 is 5.32 Å². The lowest BCUT2D eigenvalue weighted by atomic mass is 10.2. The molecule has 2 rings (SSSR count). The maximum Gasteiger partial charge on any atom is 0.446 e. The number of hydrogen-bond acceptors (Lipinski definition) is 4. The Balaban J connectivity index is 2.03. The summed E-state index contributed by atoms with van der Waals surface area (Å²) in [4.78, 5) is 0.143. The molecule has 0 aromatic heterocycles. The van der Waals surface area contributed by atoms with E-state index in [-0.39, 0.29) is 22.7 Å². The first kappa shape index (κ1) is 15.5. The summed E-state index contributed by atoms with van der Waals surface area (Å²) < 4.78 is 48.4. The Morgan fingerprint density at radius 3 is 2.40 bits per heavy atom. The number of nitrogens with one attached hydrogen (secondary N) is 1. The Morgan fingerprint density at radius 2 is 1.80 bits per heavy atom. The van der Waals surface area contributed by atoms with Crippen LogP contribution >= 0.6 is 11.8 Å². The molecule has 1 fully saturated rings. The smallest absolute Gasteiger partial charge is 0.377 e. The predicted molar refractivity (Wildman–Crippen MR) is 71.7 cm³/mol. The highest BCUT2D eigenvalue weighted by Gasteiger charge is 2.32. The first-order valence-corrected chi connectivity index (χ1v) is 6.96. The number of halogens is 3. The van der Waals surface area contributed by atoms with Crippen molar-refractivity contribution in [2.75, 3.05) is 18.5 Å². The largest absolute Gasteiger partial charge is 0.446 e. The topological polar surface area (TPSA) is 30.5 Å². The fraction of sp³-hybridized carbons (Fsp3) is 0.538. The van der Waals surface area contributed by atoms with Gasteiger partial charge in [0.05, 0.1) is 19.3 Å². The van der Waals surface area contributed by atoms with Crippen molar-refractivity contribution in [3.8, 4) is 0 Å². The number of alkyl halides is 3. The van der Waals surface area contributed by atoms with Crippen LogP contribution in [-0.2, 0) is 9.47 Å². The molecule has 1 aliphatic heterocycles. The van der Waals surface area contributed by atoms with Gasteiger partial charge in [0, 0.05) is 10.6 Å². The predicted octanol–water partition coefficient (Wildman–Crippen LogP) is 3.86. The average molecular weight is 307 g/mol. The van der Waals surface area contributed by atoms with Gasteiger partial charge in [-0.15, -0.1) is 0 Å². The summed E-state index contributed by atoms with van der Waals surface area (Å²) in [5, 5.41) is 3.04. The Labute approximate surface area is 119 Å². The fourth-order valence-corrected chi connectivity index (χ4v) is 2.43. The summed E-state index contributed by atoms with van der Waals surface area (Å²) >= 11 is -0.128. The van der Waals surface area contributed by atoms with Gasteiger partial charge in [-0.2, -0.15) is 13.2 Å². The molecular weight excluding hydrogens is 291 g/mol. The molecule has 1 saturated heterocycles. The first-order chi connectivity index (χ1) is 9.25. The van der Waals surface area contributed by atoms with E-state index >= 15 is 0 Å². The molecule has 0 atom stereocenters. The van der Waals surface area contributed by atoms with Gasteiger partial charge < -0.3 is 14.8 Å². The lowest BCUT2D eigenvalue weighted by Crippen LogP contribution is -2.45. The van der Waals surface area contributed by atoms with E-state index < -0.39 is 11.3 Å². The number of hydrogen-bond donors (Lipinski definition) is 1. The number of ether oxygens (including phenoxy) is 2. The van der Waals surface area contributed by atoms with Crippen LogP contribution in [0, 0.1) is 0 Å². The summed E-state index contributed by atoms with van der Waals surface area (Å²) in [5.74, 6) is -0.640. The summed E-state index contributed by atoms with van der Waals surface area (Å²) in [6, 6.07) is 6.16. The maximum atomic E-state index is 12.5. The summed E-state index contributed by atoms with van der Waals surface area (Å²) in [6.45, 7) is 4.38. The van der Waals surface area contributed by atoms with E-state index in [9.17, 15) is 13.2 Å². The summed E-state index contributed by atoms with van der Waals surface area (Å²) in [7, 11) is 0. The van der Waals surface area contributed by atoms with Gasteiger partial charge in [-0.05, 0) is 37.7 Å². The molecule has 0 saturated carbocycles. The molecule has 20 heavy (non-hydrogen) atoms. The second kappa shape index (κ2) is 5.83. The van der Waals surface area contributed by atoms with Crippen molar-refractivity contribution in [1.29, 1.82) is 0 Å². The minimum atomic E-state index is -4.31. The van der Waals surface area contributed by atoms with Gasteiger partial charge in [-0.1, -0.05) is 12.1 Å². The molecule has 1 aromatic carbocycles. The number of anilines is 1. The van der Waals surface area contributed by atoms with Gasteiger partial charge in [0.1, 0.15) is 0 Å². The second-order valence-corrected chi connectivity index (χ2v) is 6.01. The van der Waals surface area contributed by atoms with Crippen LogP contribution in [-0.4, -0.2) is 30.6 Å². The highest BCUT2D eigenvalue weighted by Crippen LogP contribution is 2.40. The first-order valence-electron chi connectivity index (χ1n) is 6.14. The monoisotopic (exact) mass is 307 g/mol. The van der Waals surface area contributed by atoms with Crippen LogP contribution in [0.1, 0.15) is 13.8 Å². The third-order valence-corrected chi connectivity index (χ3v) is 3.54. The molecular formula is C13H16F3NO2S. The van der Waals surface area contributed by atoms with Crippen molar-refractivity contribution in [2.45, 2.75) is 36.1 Å². The Bertz CT molecular complexity index is 455. The van der Waals surface area contributed by atoms with Crippen LogP contribution in [0.15, 0.2) is 29.2 Å². The van der Waals surface area contributed by atoms with Gasteiger partial charge in [0.25, 0.3) is 0 Å². The second-order valence-electron chi connectivity index (χ2n) is 4.91. The minimum Gasteiger partial charge on any atom is -0.377 e. The molecule has 1 N–H and O–H groups in total. The van der Waals surface area contributed by atoms with E-state index in [2.05, 4.69) is 5.32 Å². The van der Waals surface area contributed by atoms with Gasteiger partial charge in [-0.3, -0.25) is 0 Å². The van der Waals surface area contributed by atoms with E-state index in [1.54, 1.807) is 32.0 Å². The summed E-state index contributed by atoms with van der Waals surface area (Å²) in [5.41, 5.74) is -3.87. The molecule has 7 heteroatoms. The highest BCUT2D eigenvalue weighted by atomic mass is 32.2. The highest BCUT2D eigenvalue weighted by molar-refractivity contribution is 8.00. The van der Waals surface area contributed by atoms with Crippen molar-refractivity contribution in [1.82, 2.24) is 0 Å². The van der Waals surface area contributed by atoms with Gasteiger partial charge in [0.15, 0.2) is 5.79 Å². The van der Waals surface area contributed by atoms with Crippen molar-refractivity contribution in [3.63, 3.8) is 0 Å². The Morgan fingerprint density at radius 1 is 1.20 bits per heavy atom. The normalized spacial score (nSPS) is 19.9. The minimum absolute atomic E-state index is 0.128. The average Bonchev–Trinajstić information content (AvgIpc) is 2.32. The van der Waals surface area contributed by atoms with Gasteiger partial charge in [-0.25, -0.2) is 0 Å². The molecule has 1 heterocycles. The van der Waals surface area contributed by atoms with Gasteiger partial charge in [0.2, 0.25) is 0 Å². The van der Waals surface area contributed by atoms with Crippen molar-refractivity contribution < 1.29 is 22.6 Å². The van der Waals surface area contributed by atoms with E-state index in [1.807, 2.05) is 0 Å². The standard InChI is InChI=1S/C13H16F3NO2S/c1-12(2)18-7-9(8-19-12)17-10-5-3-4-6-11(10)20-13(14,15)16/h3-6,9,17H,7-8H2,1-2H3. The molecule has 0 amide bonds. The van der Waals surface area contributed by atoms with Crippen LogP contribution in [0.3, 0.4) is 0 Å². The van der Waals surface area contributed by atoms with E-state index in [0.29, 0.717) is 18.9 Å². The lowest BCUT2D eigenvalue weighted by Gasteiger charge is -2.35. The summed E-state index contributed by atoms with van der Waals surface area (Å²) in [6.07, 6.45) is 0. The Hall–Kier alpha value is -0.920. The molecule has 1 aliphatic rings.